The second-order valence-electron chi connectivity index (χ2n) is 6.60. The van der Waals surface area contributed by atoms with Gasteiger partial charge >= 0.3 is 5.97 Å². The van der Waals surface area contributed by atoms with Gasteiger partial charge in [-0.25, -0.2) is 4.79 Å². The molecule has 6 heteroatoms. The number of pyridine rings is 2. The topological polar surface area (TPSA) is 77.7 Å². The summed E-state index contributed by atoms with van der Waals surface area (Å²) in [6.45, 7) is 1.91. The minimum absolute atomic E-state index is 0.201. The van der Waals surface area contributed by atoms with Crippen LogP contribution in [0.25, 0.3) is 5.52 Å². The van der Waals surface area contributed by atoms with Gasteiger partial charge in [0.2, 0.25) is 5.78 Å². The maximum atomic E-state index is 13.0. The normalized spacial score (nSPS) is 10.7. The number of carbonyl (C=O) groups excluding carboxylic acids is 3. The Bertz CT molecular complexity index is 1240. The number of aromatic nitrogens is 2. The van der Waals surface area contributed by atoms with Gasteiger partial charge in [0.1, 0.15) is 0 Å². The van der Waals surface area contributed by atoms with Gasteiger partial charge in [-0.3, -0.25) is 14.6 Å². The van der Waals surface area contributed by atoms with E-state index in [4.69, 9.17) is 4.74 Å². The molecule has 0 fully saturated rings. The molecule has 6 nitrogen and oxygen atoms in total. The fourth-order valence-corrected chi connectivity index (χ4v) is 3.29. The third-order valence-electron chi connectivity index (χ3n) is 4.72. The van der Waals surface area contributed by atoms with Crippen molar-refractivity contribution in [1.29, 1.82) is 0 Å². The van der Waals surface area contributed by atoms with Gasteiger partial charge in [-0.15, -0.1) is 0 Å². The summed E-state index contributed by atoms with van der Waals surface area (Å²) in [7, 11) is 0. The molecular weight excluding hydrogens is 380 g/mol. The van der Waals surface area contributed by atoms with Crippen LogP contribution >= 0.6 is 0 Å². The monoisotopic (exact) mass is 398 g/mol. The van der Waals surface area contributed by atoms with Crippen molar-refractivity contribution in [2.24, 2.45) is 0 Å². The van der Waals surface area contributed by atoms with Crippen LogP contribution in [0, 0.1) is 0 Å². The number of fused-ring (bicyclic) bond motifs is 1. The van der Waals surface area contributed by atoms with Gasteiger partial charge in [-0.1, -0.05) is 30.3 Å². The molecule has 0 aliphatic rings. The highest BCUT2D eigenvalue weighted by Crippen LogP contribution is 2.23. The van der Waals surface area contributed by atoms with Crippen molar-refractivity contribution in [2.45, 2.75) is 6.92 Å². The molecule has 0 atom stereocenters. The molecule has 0 spiro atoms. The molecule has 0 amide bonds. The zero-order valence-corrected chi connectivity index (χ0v) is 16.2. The van der Waals surface area contributed by atoms with Gasteiger partial charge < -0.3 is 9.14 Å². The molecule has 0 saturated heterocycles. The highest BCUT2D eigenvalue weighted by Gasteiger charge is 2.22. The van der Waals surface area contributed by atoms with E-state index in [1.54, 1.807) is 72.2 Å². The van der Waals surface area contributed by atoms with Crippen LogP contribution in [0.15, 0.2) is 79.3 Å². The fourth-order valence-electron chi connectivity index (χ4n) is 3.29. The van der Waals surface area contributed by atoms with Gasteiger partial charge in [-0.2, -0.15) is 0 Å². The number of nitrogens with zero attached hydrogens (tertiary/aromatic N) is 2. The zero-order valence-electron chi connectivity index (χ0n) is 16.2. The first-order chi connectivity index (χ1) is 14.6. The van der Waals surface area contributed by atoms with Gasteiger partial charge in [0, 0.05) is 35.3 Å². The predicted octanol–water partition coefficient (Wildman–Crippen LogP) is 3.97. The molecular formula is C24H18N2O4. The molecule has 30 heavy (non-hydrogen) atoms. The van der Waals surface area contributed by atoms with Crippen molar-refractivity contribution in [3.05, 3.63) is 107 Å². The standard InChI is InChI=1S/C24H18N2O4/c1-2-30-24(29)19-14-21(23(28)16-7-4-3-5-8-16)26-12-10-17(13-20(19)26)22(27)18-9-6-11-25-15-18/h3-15H,2H2,1H3. The second-order valence-corrected chi connectivity index (χ2v) is 6.60. The molecule has 1 aromatic carbocycles. The summed E-state index contributed by atoms with van der Waals surface area (Å²) in [5.41, 5.74) is 2.31. The van der Waals surface area contributed by atoms with Crippen LogP contribution in [-0.2, 0) is 4.74 Å². The Morgan fingerprint density at radius 2 is 1.67 bits per heavy atom. The minimum Gasteiger partial charge on any atom is -0.462 e. The van der Waals surface area contributed by atoms with Crippen LogP contribution < -0.4 is 0 Å². The smallest absolute Gasteiger partial charge is 0.340 e. The van der Waals surface area contributed by atoms with E-state index < -0.39 is 5.97 Å². The Kier molecular flexibility index (Phi) is 5.22. The summed E-state index contributed by atoms with van der Waals surface area (Å²) in [6.07, 6.45) is 4.70. The first-order valence-electron chi connectivity index (χ1n) is 9.47. The average Bonchev–Trinajstić information content (AvgIpc) is 3.18. The number of ketones is 2. The molecule has 4 rings (SSSR count). The molecule has 0 unspecified atom stereocenters. The highest BCUT2D eigenvalue weighted by molar-refractivity contribution is 6.13. The Morgan fingerprint density at radius 1 is 0.900 bits per heavy atom. The summed E-state index contributed by atoms with van der Waals surface area (Å²) < 4.78 is 6.77. The number of esters is 1. The summed E-state index contributed by atoms with van der Waals surface area (Å²) in [4.78, 5) is 42.4. The van der Waals surface area contributed by atoms with Gasteiger partial charge in [-0.05, 0) is 37.3 Å². The third-order valence-corrected chi connectivity index (χ3v) is 4.72. The van der Waals surface area contributed by atoms with Crippen LogP contribution in [0.3, 0.4) is 0 Å². The van der Waals surface area contributed by atoms with Crippen molar-refractivity contribution in [2.75, 3.05) is 6.61 Å². The quantitative estimate of drug-likeness (QED) is 0.363. The Morgan fingerprint density at radius 3 is 2.37 bits per heavy atom. The van der Waals surface area contributed by atoms with Crippen molar-refractivity contribution in [1.82, 2.24) is 9.38 Å². The zero-order chi connectivity index (χ0) is 21.1. The van der Waals surface area contributed by atoms with Crippen LogP contribution in [0.2, 0.25) is 0 Å². The van der Waals surface area contributed by atoms with Crippen LogP contribution in [0.1, 0.15) is 49.3 Å². The van der Waals surface area contributed by atoms with Crippen molar-refractivity contribution in [3.8, 4) is 0 Å². The number of benzene rings is 1. The summed E-state index contributed by atoms with van der Waals surface area (Å²) >= 11 is 0. The van der Waals surface area contributed by atoms with Crippen LogP contribution in [-0.4, -0.2) is 33.5 Å². The van der Waals surface area contributed by atoms with E-state index in [9.17, 15) is 14.4 Å². The summed E-state index contributed by atoms with van der Waals surface area (Å²) in [6, 6.07) is 16.9. The molecule has 0 saturated carbocycles. The molecule has 0 aliphatic heterocycles. The number of ether oxygens (including phenoxy) is 1. The van der Waals surface area contributed by atoms with Crippen molar-refractivity contribution >= 4 is 23.1 Å². The lowest BCUT2D eigenvalue weighted by Crippen LogP contribution is -2.07. The third kappa shape index (κ3) is 3.51. The first kappa shape index (κ1) is 19.3. The van der Waals surface area contributed by atoms with E-state index in [0.717, 1.165) is 0 Å². The van der Waals surface area contributed by atoms with Crippen molar-refractivity contribution in [3.63, 3.8) is 0 Å². The number of carbonyl (C=O) groups is 3. The van der Waals surface area contributed by atoms with E-state index in [-0.39, 0.29) is 23.7 Å². The fraction of sp³-hybridized carbons (Fsp3) is 0.0833. The molecule has 0 N–H and O–H groups in total. The molecule has 148 valence electrons. The van der Waals surface area contributed by atoms with E-state index in [1.807, 2.05) is 6.07 Å². The molecule has 3 heterocycles. The van der Waals surface area contributed by atoms with E-state index in [0.29, 0.717) is 27.9 Å². The maximum Gasteiger partial charge on any atom is 0.340 e. The number of hydrogen-bond acceptors (Lipinski definition) is 5. The molecule has 0 radical (unpaired) electrons. The lowest BCUT2D eigenvalue weighted by molar-refractivity contribution is 0.0528. The summed E-state index contributed by atoms with van der Waals surface area (Å²) in [5.74, 6) is -1.00. The average molecular weight is 398 g/mol. The molecule has 0 aliphatic carbocycles. The first-order valence-corrected chi connectivity index (χ1v) is 9.47. The molecule has 3 aromatic heterocycles. The largest absolute Gasteiger partial charge is 0.462 e. The van der Waals surface area contributed by atoms with E-state index >= 15 is 0 Å². The molecule has 0 bridgehead atoms. The van der Waals surface area contributed by atoms with Crippen LogP contribution in [0.4, 0.5) is 0 Å². The maximum absolute atomic E-state index is 13.0. The Balaban J connectivity index is 1.86. The highest BCUT2D eigenvalue weighted by atomic mass is 16.5. The van der Waals surface area contributed by atoms with E-state index in [1.165, 1.54) is 12.3 Å². The summed E-state index contributed by atoms with van der Waals surface area (Å²) in [5, 5.41) is 0. The lowest BCUT2D eigenvalue weighted by atomic mass is 10.1. The second kappa shape index (κ2) is 8.13. The molecule has 4 aromatic rings. The lowest BCUT2D eigenvalue weighted by Gasteiger charge is -2.06. The van der Waals surface area contributed by atoms with Gasteiger partial charge in [0.05, 0.1) is 23.4 Å². The predicted molar refractivity (Wildman–Crippen MR) is 111 cm³/mol. The van der Waals surface area contributed by atoms with Crippen molar-refractivity contribution < 1.29 is 19.1 Å². The Hall–Kier alpha value is -4.06. The number of hydrogen-bond donors (Lipinski definition) is 0. The van der Waals surface area contributed by atoms with Gasteiger partial charge in [0.15, 0.2) is 5.78 Å². The van der Waals surface area contributed by atoms with E-state index in [2.05, 4.69) is 4.98 Å². The number of rotatable bonds is 6. The SMILES string of the molecule is CCOC(=O)c1cc(C(=O)c2ccccc2)n2ccc(C(=O)c3cccnc3)cc12. The van der Waals surface area contributed by atoms with Crippen LogP contribution in [0.5, 0.6) is 0 Å². The van der Waals surface area contributed by atoms with Gasteiger partial charge in [0.25, 0.3) is 0 Å². The minimum atomic E-state index is -0.548. The Labute approximate surface area is 172 Å².